The van der Waals surface area contributed by atoms with Gasteiger partial charge in [-0.15, -0.1) is 0 Å². The zero-order valence-electron chi connectivity index (χ0n) is 13.6. The Kier molecular flexibility index (Phi) is 4.34. The van der Waals surface area contributed by atoms with Crippen LogP contribution in [0.3, 0.4) is 0 Å². The molecule has 0 spiro atoms. The largest absolute Gasteiger partial charge is 0.494 e. The second kappa shape index (κ2) is 6.78. The normalized spacial score (nSPS) is 15.3. The molecule has 1 aromatic heterocycles. The maximum atomic E-state index is 10.2. The molecule has 1 aliphatic heterocycles. The van der Waals surface area contributed by atoms with Crippen LogP contribution in [0, 0.1) is 0 Å². The summed E-state index contributed by atoms with van der Waals surface area (Å²) in [6.45, 7) is 3.14. The van der Waals surface area contributed by atoms with Gasteiger partial charge in [0.2, 0.25) is 0 Å². The minimum absolute atomic E-state index is 0.0878. The van der Waals surface area contributed by atoms with Crippen LogP contribution in [0.4, 0.5) is 11.4 Å². The predicted octanol–water partition coefficient (Wildman–Crippen LogP) is 4.11. The summed E-state index contributed by atoms with van der Waals surface area (Å²) >= 11 is 6.09. The van der Waals surface area contributed by atoms with E-state index in [9.17, 15) is 5.11 Å². The summed E-state index contributed by atoms with van der Waals surface area (Å²) in [6.07, 6.45) is 1.68. The fourth-order valence-corrected chi connectivity index (χ4v) is 3.25. The Labute approximate surface area is 150 Å². The van der Waals surface area contributed by atoms with Crippen molar-refractivity contribution in [2.45, 2.75) is 0 Å². The number of hydrogen-bond acceptors (Lipinski definition) is 4. The number of hydrogen-bond donors (Lipinski definition) is 2. The number of nitrogens with one attached hydrogen (secondary N) is 1. The van der Waals surface area contributed by atoms with Crippen LogP contribution >= 0.6 is 11.6 Å². The lowest BCUT2D eigenvalue weighted by Crippen LogP contribution is -2.36. The quantitative estimate of drug-likeness (QED) is 0.695. The molecule has 0 unspecified atom stereocenters. The number of nitrogens with zero attached hydrogens (tertiary/aromatic N) is 2. The van der Waals surface area contributed by atoms with Crippen molar-refractivity contribution < 1.29 is 9.84 Å². The smallest absolute Gasteiger partial charge is 0.198 e. The van der Waals surface area contributed by atoms with E-state index in [1.165, 1.54) is 0 Å². The van der Waals surface area contributed by atoms with Gasteiger partial charge in [-0.05, 0) is 30.3 Å². The molecule has 4 rings (SSSR count). The maximum absolute atomic E-state index is 10.2. The number of anilines is 1. The monoisotopic (exact) mass is 355 g/mol. The van der Waals surface area contributed by atoms with E-state index in [0.29, 0.717) is 10.6 Å². The minimum Gasteiger partial charge on any atom is -0.494 e. The fourth-order valence-electron chi connectivity index (χ4n) is 3.08. The van der Waals surface area contributed by atoms with Gasteiger partial charge in [-0.2, -0.15) is 0 Å². The average molecular weight is 356 g/mol. The summed E-state index contributed by atoms with van der Waals surface area (Å²) in [7, 11) is 0. The van der Waals surface area contributed by atoms with Gasteiger partial charge in [-0.1, -0.05) is 23.7 Å². The first-order valence-corrected chi connectivity index (χ1v) is 8.56. The number of ether oxygens (including phenoxy) is 1. The molecule has 0 amide bonds. The van der Waals surface area contributed by atoms with Crippen molar-refractivity contribution in [3.05, 3.63) is 53.1 Å². The van der Waals surface area contributed by atoms with Crippen molar-refractivity contribution in [2.75, 3.05) is 31.2 Å². The van der Waals surface area contributed by atoms with Crippen LogP contribution in [0.1, 0.15) is 5.56 Å². The van der Waals surface area contributed by atoms with Gasteiger partial charge in [0, 0.05) is 35.2 Å². The van der Waals surface area contributed by atoms with E-state index < -0.39 is 0 Å². The molecule has 0 atom stereocenters. The molecule has 6 heteroatoms. The molecule has 1 aliphatic rings. The second-order valence-corrected chi connectivity index (χ2v) is 6.36. The van der Waals surface area contributed by atoms with Crippen LogP contribution in [-0.2, 0) is 4.74 Å². The van der Waals surface area contributed by atoms with Crippen molar-refractivity contribution in [3.8, 4) is 5.88 Å². The number of aromatic hydroxyl groups is 1. The zero-order valence-corrected chi connectivity index (χ0v) is 14.3. The predicted molar refractivity (Wildman–Crippen MR) is 102 cm³/mol. The van der Waals surface area contributed by atoms with Crippen molar-refractivity contribution >= 4 is 40.1 Å². The van der Waals surface area contributed by atoms with Gasteiger partial charge in [0.1, 0.15) is 0 Å². The van der Waals surface area contributed by atoms with Crippen molar-refractivity contribution in [3.63, 3.8) is 0 Å². The molecular formula is C19H18ClN3O2. The number of aromatic nitrogens is 1. The molecule has 0 saturated carbocycles. The Hall–Kier alpha value is -2.50. The van der Waals surface area contributed by atoms with E-state index >= 15 is 0 Å². The van der Waals surface area contributed by atoms with E-state index in [-0.39, 0.29) is 5.88 Å². The molecule has 128 valence electrons. The number of morpholine rings is 1. The Morgan fingerprint density at radius 2 is 1.96 bits per heavy atom. The number of halogens is 1. The van der Waals surface area contributed by atoms with Gasteiger partial charge in [0.15, 0.2) is 5.88 Å². The lowest BCUT2D eigenvalue weighted by atomic mass is 10.2. The lowest BCUT2D eigenvalue weighted by Gasteiger charge is -2.29. The minimum atomic E-state index is 0.0878. The molecule has 1 fully saturated rings. The summed E-state index contributed by atoms with van der Waals surface area (Å²) in [5, 5.41) is 11.7. The third-order valence-corrected chi connectivity index (χ3v) is 4.58. The number of aromatic amines is 1. The third-order valence-electron chi connectivity index (χ3n) is 4.35. The van der Waals surface area contributed by atoms with Crippen molar-refractivity contribution in [1.29, 1.82) is 0 Å². The summed E-state index contributed by atoms with van der Waals surface area (Å²) in [4.78, 5) is 9.85. The van der Waals surface area contributed by atoms with E-state index in [0.717, 1.165) is 48.6 Å². The average Bonchev–Trinajstić information content (AvgIpc) is 2.95. The second-order valence-electron chi connectivity index (χ2n) is 5.92. The Bertz CT molecular complexity index is 930. The Morgan fingerprint density at radius 1 is 1.16 bits per heavy atom. The standard InChI is InChI=1S/C19H18ClN3O2/c20-13-5-6-16-14(11-13)15(19(24)22-16)12-21-17-3-1-2-4-18(17)23-7-9-25-10-8-23/h1-6,11-12,22,24H,7-10H2. The Morgan fingerprint density at radius 3 is 2.80 bits per heavy atom. The number of fused-ring (bicyclic) bond motifs is 1. The highest BCUT2D eigenvalue weighted by Gasteiger charge is 2.14. The molecule has 3 aromatic rings. The molecule has 0 aliphatic carbocycles. The van der Waals surface area contributed by atoms with Crippen LogP contribution in [0.5, 0.6) is 5.88 Å². The van der Waals surface area contributed by atoms with Gasteiger partial charge < -0.3 is 19.7 Å². The first kappa shape index (κ1) is 16.0. The molecule has 2 aromatic carbocycles. The molecule has 5 nitrogen and oxygen atoms in total. The summed E-state index contributed by atoms with van der Waals surface area (Å²) in [5.41, 5.74) is 3.39. The molecule has 2 heterocycles. The highest BCUT2D eigenvalue weighted by molar-refractivity contribution is 6.31. The SMILES string of the molecule is Oc1[nH]c2ccc(Cl)cc2c1C=Nc1ccccc1N1CCOCC1. The first-order chi connectivity index (χ1) is 12.2. The van der Waals surface area contributed by atoms with Gasteiger partial charge >= 0.3 is 0 Å². The molecular weight excluding hydrogens is 338 g/mol. The first-order valence-electron chi connectivity index (χ1n) is 8.18. The van der Waals surface area contributed by atoms with Crippen LogP contribution in [0.15, 0.2) is 47.5 Å². The van der Waals surface area contributed by atoms with Crippen molar-refractivity contribution in [1.82, 2.24) is 4.98 Å². The number of aliphatic imine (C=N–C) groups is 1. The summed E-state index contributed by atoms with van der Waals surface area (Å²) in [6, 6.07) is 13.5. The number of H-pyrrole nitrogens is 1. The highest BCUT2D eigenvalue weighted by atomic mass is 35.5. The van der Waals surface area contributed by atoms with Gasteiger partial charge in [0.25, 0.3) is 0 Å². The van der Waals surface area contributed by atoms with E-state index in [2.05, 4.69) is 20.9 Å². The Balaban J connectivity index is 1.71. The molecule has 0 radical (unpaired) electrons. The lowest BCUT2D eigenvalue weighted by molar-refractivity contribution is 0.123. The summed E-state index contributed by atoms with van der Waals surface area (Å²) in [5.74, 6) is 0.0878. The van der Waals surface area contributed by atoms with Gasteiger partial charge in [-0.3, -0.25) is 4.99 Å². The van der Waals surface area contributed by atoms with Crippen LogP contribution in [-0.4, -0.2) is 42.6 Å². The molecule has 1 saturated heterocycles. The number of benzene rings is 2. The fraction of sp³-hybridized carbons (Fsp3) is 0.211. The zero-order chi connectivity index (χ0) is 17.2. The molecule has 2 N–H and O–H groups in total. The summed E-state index contributed by atoms with van der Waals surface area (Å²) < 4.78 is 5.43. The topological polar surface area (TPSA) is 60.8 Å². The van der Waals surface area contributed by atoms with Gasteiger partial charge in [-0.25, -0.2) is 0 Å². The van der Waals surface area contributed by atoms with Gasteiger partial charge in [0.05, 0.1) is 30.2 Å². The molecule has 25 heavy (non-hydrogen) atoms. The van der Waals surface area contributed by atoms with Crippen LogP contribution < -0.4 is 4.90 Å². The highest BCUT2D eigenvalue weighted by Crippen LogP contribution is 2.31. The van der Waals surface area contributed by atoms with E-state index in [1.54, 1.807) is 12.3 Å². The van der Waals surface area contributed by atoms with E-state index in [1.807, 2.05) is 30.3 Å². The number of para-hydroxylation sites is 2. The third kappa shape index (κ3) is 3.21. The maximum Gasteiger partial charge on any atom is 0.198 e. The van der Waals surface area contributed by atoms with Crippen LogP contribution in [0.2, 0.25) is 5.02 Å². The molecule has 0 bridgehead atoms. The van der Waals surface area contributed by atoms with Crippen LogP contribution in [0.25, 0.3) is 10.9 Å². The number of rotatable bonds is 3. The van der Waals surface area contributed by atoms with E-state index in [4.69, 9.17) is 16.3 Å². The van der Waals surface area contributed by atoms with Crippen molar-refractivity contribution in [2.24, 2.45) is 4.99 Å².